The van der Waals surface area contributed by atoms with E-state index in [9.17, 15) is 4.79 Å². The second-order valence-corrected chi connectivity index (χ2v) is 4.67. The third kappa shape index (κ3) is 4.19. The number of hydrogen-bond acceptors (Lipinski definition) is 1. The van der Waals surface area contributed by atoms with E-state index in [-0.39, 0.29) is 5.91 Å². The lowest BCUT2D eigenvalue weighted by Gasteiger charge is -2.10. The predicted octanol–water partition coefficient (Wildman–Crippen LogP) is 4.14. The van der Waals surface area contributed by atoms with Crippen molar-refractivity contribution < 1.29 is 4.79 Å². The molecule has 2 nitrogen and oxygen atoms in total. The molecule has 0 aliphatic carbocycles. The van der Waals surface area contributed by atoms with Gasteiger partial charge in [-0.2, -0.15) is 0 Å². The number of nitrogens with one attached hydrogen (secondary N) is 1. The molecule has 1 aromatic rings. The Morgan fingerprint density at radius 2 is 2.00 bits per heavy atom. The fraction of sp³-hybridized carbons (Fsp3) is 0.214. The van der Waals surface area contributed by atoms with Crippen LogP contribution in [0.4, 0.5) is 5.69 Å². The standard InChI is InChI=1S/C14H16BrNO/c1-4-5-6-7-13(17)16-14-11(3)8-10(2)9-12(14)15/h4-9H,1-3H3,(H,16,17)/b5-4+,7-6?. The first-order valence-corrected chi connectivity index (χ1v) is 6.21. The van der Waals surface area contributed by atoms with Crippen LogP contribution < -0.4 is 5.32 Å². The molecule has 0 aliphatic heterocycles. The van der Waals surface area contributed by atoms with Crippen LogP contribution in [-0.2, 0) is 4.79 Å². The summed E-state index contributed by atoms with van der Waals surface area (Å²) in [6.45, 7) is 5.90. The smallest absolute Gasteiger partial charge is 0.248 e. The monoisotopic (exact) mass is 293 g/mol. The minimum Gasteiger partial charge on any atom is -0.321 e. The molecule has 0 aliphatic rings. The van der Waals surface area contributed by atoms with Crippen molar-refractivity contribution in [3.8, 4) is 0 Å². The molecule has 0 aromatic heterocycles. The van der Waals surface area contributed by atoms with Crippen molar-refractivity contribution in [1.29, 1.82) is 0 Å². The van der Waals surface area contributed by atoms with Crippen molar-refractivity contribution in [2.45, 2.75) is 20.8 Å². The molecule has 0 saturated carbocycles. The SMILES string of the molecule is C/C=C/C=CC(=O)Nc1c(C)cc(C)cc1Br. The molecule has 0 saturated heterocycles. The van der Waals surface area contributed by atoms with E-state index >= 15 is 0 Å². The third-order valence-electron chi connectivity index (χ3n) is 2.23. The van der Waals surface area contributed by atoms with E-state index in [1.165, 1.54) is 6.08 Å². The molecule has 0 radical (unpaired) electrons. The first kappa shape index (κ1) is 13.7. The van der Waals surface area contributed by atoms with Gasteiger partial charge in [-0.1, -0.05) is 24.3 Å². The number of carbonyl (C=O) groups excluding carboxylic acids is 1. The van der Waals surface area contributed by atoms with E-state index in [4.69, 9.17) is 0 Å². The number of benzene rings is 1. The highest BCUT2D eigenvalue weighted by molar-refractivity contribution is 9.10. The molecule has 1 aromatic carbocycles. The van der Waals surface area contributed by atoms with Gasteiger partial charge in [0.25, 0.3) is 0 Å². The molecule has 0 bridgehead atoms. The molecule has 0 heterocycles. The van der Waals surface area contributed by atoms with E-state index in [0.29, 0.717) is 0 Å². The number of rotatable bonds is 3. The van der Waals surface area contributed by atoms with Gasteiger partial charge in [-0.15, -0.1) is 0 Å². The summed E-state index contributed by atoms with van der Waals surface area (Å²) in [7, 11) is 0. The zero-order valence-corrected chi connectivity index (χ0v) is 11.8. The molecular weight excluding hydrogens is 278 g/mol. The fourth-order valence-corrected chi connectivity index (χ4v) is 2.27. The second-order valence-electron chi connectivity index (χ2n) is 3.81. The number of allylic oxidation sites excluding steroid dienone is 3. The van der Waals surface area contributed by atoms with Gasteiger partial charge in [-0.05, 0) is 53.9 Å². The number of aryl methyl sites for hydroxylation is 2. The van der Waals surface area contributed by atoms with Crippen LogP contribution in [0.3, 0.4) is 0 Å². The Hall–Kier alpha value is -1.35. The summed E-state index contributed by atoms with van der Waals surface area (Å²) in [4.78, 5) is 11.6. The summed E-state index contributed by atoms with van der Waals surface area (Å²) in [5.74, 6) is -0.129. The van der Waals surface area contributed by atoms with E-state index in [1.807, 2.05) is 45.1 Å². The van der Waals surface area contributed by atoms with E-state index in [2.05, 4.69) is 21.2 Å². The summed E-state index contributed by atoms with van der Waals surface area (Å²) in [5.41, 5.74) is 3.03. The van der Waals surface area contributed by atoms with Gasteiger partial charge < -0.3 is 5.32 Å². The lowest BCUT2D eigenvalue weighted by atomic mass is 10.1. The minimum atomic E-state index is -0.129. The molecule has 1 N–H and O–H groups in total. The normalized spacial score (nSPS) is 11.3. The van der Waals surface area contributed by atoms with Crippen LogP contribution in [0.25, 0.3) is 0 Å². The number of amides is 1. The van der Waals surface area contributed by atoms with E-state index in [0.717, 1.165) is 21.3 Å². The second kappa shape index (κ2) is 6.40. The van der Waals surface area contributed by atoms with Gasteiger partial charge in [0.2, 0.25) is 5.91 Å². The van der Waals surface area contributed by atoms with Gasteiger partial charge in [0.05, 0.1) is 5.69 Å². The van der Waals surface area contributed by atoms with Gasteiger partial charge in [-0.3, -0.25) is 4.79 Å². The molecule has 0 fully saturated rings. The minimum absolute atomic E-state index is 0.129. The molecule has 3 heteroatoms. The maximum Gasteiger partial charge on any atom is 0.248 e. The molecule has 1 amide bonds. The molecule has 1 rings (SSSR count). The first-order valence-electron chi connectivity index (χ1n) is 5.41. The summed E-state index contributed by atoms with van der Waals surface area (Å²) in [6, 6.07) is 4.02. The molecule has 0 unspecified atom stereocenters. The average molecular weight is 294 g/mol. The number of hydrogen-bond donors (Lipinski definition) is 1. The third-order valence-corrected chi connectivity index (χ3v) is 2.86. The Bertz CT molecular complexity index is 452. The number of anilines is 1. The van der Waals surface area contributed by atoms with Gasteiger partial charge in [0.15, 0.2) is 0 Å². The molecule has 0 atom stereocenters. The maximum absolute atomic E-state index is 11.6. The van der Waals surface area contributed by atoms with Crippen molar-refractivity contribution in [1.82, 2.24) is 0 Å². The molecule has 0 spiro atoms. The summed E-state index contributed by atoms with van der Waals surface area (Å²) >= 11 is 3.46. The highest BCUT2D eigenvalue weighted by Crippen LogP contribution is 2.27. The van der Waals surface area contributed by atoms with E-state index in [1.54, 1.807) is 6.08 Å². The fourth-order valence-electron chi connectivity index (χ4n) is 1.49. The Morgan fingerprint density at radius 1 is 1.29 bits per heavy atom. The van der Waals surface area contributed by atoms with Crippen molar-refractivity contribution in [2.24, 2.45) is 0 Å². The predicted molar refractivity (Wildman–Crippen MR) is 76.2 cm³/mol. The number of carbonyl (C=O) groups is 1. The van der Waals surface area contributed by atoms with Gasteiger partial charge in [-0.25, -0.2) is 0 Å². The van der Waals surface area contributed by atoms with E-state index < -0.39 is 0 Å². The van der Waals surface area contributed by atoms with Crippen LogP contribution in [0.5, 0.6) is 0 Å². The largest absolute Gasteiger partial charge is 0.321 e. The lowest BCUT2D eigenvalue weighted by molar-refractivity contribution is -0.111. The topological polar surface area (TPSA) is 29.1 Å². The summed E-state index contributed by atoms with van der Waals surface area (Å²) in [6.07, 6.45) is 6.91. The first-order chi connectivity index (χ1) is 8.04. The van der Waals surface area contributed by atoms with Crippen molar-refractivity contribution >= 4 is 27.5 Å². The van der Waals surface area contributed by atoms with Crippen LogP contribution in [0, 0.1) is 13.8 Å². The van der Waals surface area contributed by atoms with Crippen molar-refractivity contribution in [3.05, 3.63) is 52.0 Å². The van der Waals surface area contributed by atoms with Crippen LogP contribution >= 0.6 is 15.9 Å². The Labute approximate surface area is 111 Å². The van der Waals surface area contributed by atoms with Crippen molar-refractivity contribution in [2.75, 3.05) is 5.32 Å². The van der Waals surface area contributed by atoms with Crippen LogP contribution in [0.1, 0.15) is 18.1 Å². The quantitative estimate of drug-likeness (QED) is 0.659. The van der Waals surface area contributed by atoms with Crippen LogP contribution in [0.15, 0.2) is 40.9 Å². The van der Waals surface area contributed by atoms with Gasteiger partial charge >= 0.3 is 0 Å². The summed E-state index contributed by atoms with van der Waals surface area (Å²) < 4.78 is 0.905. The Balaban J connectivity index is 2.85. The van der Waals surface area contributed by atoms with Crippen molar-refractivity contribution in [3.63, 3.8) is 0 Å². The van der Waals surface area contributed by atoms with Crippen LogP contribution in [0.2, 0.25) is 0 Å². The zero-order valence-electron chi connectivity index (χ0n) is 10.3. The maximum atomic E-state index is 11.6. The highest BCUT2D eigenvalue weighted by Gasteiger charge is 2.06. The molecule has 17 heavy (non-hydrogen) atoms. The average Bonchev–Trinajstić information content (AvgIpc) is 2.24. The van der Waals surface area contributed by atoms with Crippen LogP contribution in [-0.4, -0.2) is 5.91 Å². The zero-order chi connectivity index (χ0) is 12.8. The Kier molecular flexibility index (Phi) is 5.16. The number of halogens is 1. The van der Waals surface area contributed by atoms with Gasteiger partial charge in [0, 0.05) is 10.5 Å². The molecule has 90 valence electrons. The summed E-state index contributed by atoms with van der Waals surface area (Å²) in [5, 5.41) is 2.86. The highest BCUT2D eigenvalue weighted by atomic mass is 79.9. The molecular formula is C14H16BrNO. The lowest BCUT2D eigenvalue weighted by Crippen LogP contribution is -2.09. The van der Waals surface area contributed by atoms with Gasteiger partial charge in [0.1, 0.15) is 0 Å². The Morgan fingerprint density at radius 3 is 2.59 bits per heavy atom.